The van der Waals surface area contributed by atoms with Gasteiger partial charge in [-0.1, -0.05) is 6.92 Å². The molecule has 14 heavy (non-hydrogen) atoms. The molecule has 2 atom stereocenters. The summed E-state index contributed by atoms with van der Waals surface area (Å²) in [6.07, 6.45) is 3.45. The van der Waals surface area contributed by atoms with Crippen molar-refractivity contribution in [2.24, 2.45) is 5.92 Å². The number of hydrogen-bond acceptors (Lipinski definition) is 3. The predicted octanol–water partition coefficient (Wildman–Crippen LogP) is 0.519. The van der Waals surface area contributed by atoms with Crippen LogP contribution in [0.5, 0.6) is 0 Å². The Morgan fingerprint density at radius 2 is 2.07 bits per heavy atom. The van der Waals surface area contributed by atoms with Crippen LogP contribution in [0.1, 0.15) is 26.2 Å². The van der Waals surface area contributed by atoms with Crippen molar-refractivity contribution in [3.63, 3.8) is 0 Å². The standard InChI is InChI=1S/C10H20N2O.ClH/c1-7-2-8(3-7)11-5-9-4-10(13)6-12-9;/h7-13H,2-6H2,1H3;1H/t7?,8?,9-,10+;/m0./s1. The lowest BCUT2D eigenvalue weighted by Crippen LogP contribution is -2.45. The van der Waals surface area contributed by atoms with Crippen LogP contribution in [0.15, 0.2) is 0 Å². The van der Waals surface area contributed by atoms with Gasteiger partial charge in [0.15, 0.2) is 0 Å². The van der Waals surface area contributed by atoms with E-state index in [0.717, 1.165) is 31.5 Å². The van der Waals surface area contributed by atoms with Gasteiger partial charge in [0.1, 0.15) is 0 Å². The minimum atomic E-state index is -0.118. The summed E-state index contributed by atoms with van der Waals surface area (Å²) < 4.78 is 0. The minimum Gasteiger partial charge on any atom is -0.392 e. The van der Waals surface area contributed by atoms with Crippen molar-refractivity contribution in [3.8, 4) is 0 Å². The Balaban J connectivity index is 0.000000980. The molecule has 0 bridgehead atoms. The number of hydrogen-bond donors (Lipinski definition) is 3. The van der Waals surface area contributed by atoms with Crippen molar-refractivity contribution in [1.82, 2.24) is 10.6 Å². The molecule has 0 aromatic rings. The molecule has 1 heterocycles. The van der Waals surface area contributed by atoms with Crippen LogP contribution in [0.4, 0.5) is 0 Å². The molecule has 0 radical (unpaired) electrons. The van der Waals surface area contributed by atoms with Gasteiger partial charge in [-0.3, -0.25) is 0 Å². The molecule has 2 fully saturated rings. The molecule has 4 heteroatoms. The Morgan fingerprint density at radius 1 is 1.36 bits per heavy atom. The minimum absolute atomic E-state index is 0. The van der Waals surface area contributed by atoms with Crippen LogP contribution >= 0.6 is 12.4 Å². The fourth-order valence-corrected chi connectivity index (χ4v) is 2.33. The van der Waals surface area contributed by atoms with Gasteiger partial charge >= 0.3 is 0 Å². The van der Waals surface area contributed by atoms with E-state index in [0.29, 0.717) is 6.04 Å². The average Bonchev–Trinajstić information content (AvgIpc) is 2.43. The van der Waals surface area contributed by atoms with Gasteiger partial charge in [-0.25, -0.2) is 0 Å². The molecule has 0 aromatic heterocycles. The molecule has 1 saturated heterocycles. The molecule has 0 unspecified atom stereocenters. The second kappa shape index (κ2) is 5.31. The second-order valence-corrected chi connectivity index (χ2v) is 4.68. The van der Waals surface area contributed by atoms with Crippen LogP contribution in [0.3, 0.4) is 0 Å². The summed E-state index contributed by atoms with van der Waals surface area (Å²) in [6.45, 7) is 4.09. The van der Waals surface area contributed by atoms with Crippen LogP contribution in [0.2, 0.25) is 0 Å². The molecular formula is C10H21ClN2O. The Morgan fingerprint density at radius 3 is 2.57 bits per heavy atom. The van der Waals surface area contributed by atoms with Crippen molar-refractivity contribution < 1.29 is 5.11 Å². The Labute approximate surface area is 92.1 Å². The summed E-state index contributed by atoms with van der Waals surface area (Å²) >= 11 is 0. The van der Waals surface area contributed by atoms with Gasteiger partial charge in [0.25, 0.3) is 0 Å². The Hall–Kier alpha value is 0.170. The third-order valence-electron chi connectivity index (χ3n) is 3.23. The lowest BCUT2D eigenvalue weighted by Gasteiger charge is -2.34. The fraction of sp³-hybridized carbons (Fsp3) is 1.00. The van der Waals surface area contributed by atoms with Crippen molar-refractivity contribution >= 4 is 12.4 Å². The smallest absolute Gasteiger partial charge is 0.0680 e. The molecule has 0 amide bonds. The van der Waals surface area contributed by atoms with Crippen LogP contribution in [0.25, 0.3) is 0 Å². The van der Waals surface area contributed by atoms with Crippen LogP contribution < -0.4 is 10.6 Å². The number of rotatable bonds is 3. The molecule has 84 valence electrons. The zero-order valence-electron chi connectivity index (χ0n) is 8.70. The van der Waals surface area contributed by atoms with Crippen molar-refractivity contribution in [2.75, 3.05) is 13.1 Å². The maximum absolute atomic E-state index is 9.29. The fourth-order valence-electron chi connectivity index (χ4n) is 2.33. The molecule has 0 spiro atoms. The van der Waals surface area contributed by atoms with Gasteiger partial charge in [-0.15, -0.1) is 12.4 Å². The lowest BCUT2D eigenvalue weighted by atomic mass is 9.82. The number of halogens is 1. The molecule has 3 nitrogen and oxygen atoms in total. The van der Waals surface area contributed by atoms with Crippen molar-refractivity contribution in [2.45, 2.75) is 44.4 Å². The quantitative estimate of drug-likeness (QED) is 0.650. The van der Waals surface area contributed by atoms with E-state index in [9.17, 15) is 5.11 Å². The topological polar surface area (TPSA) is 44.3 Å². The van der Waals surface area contributed by atoms with Gasteiger partial charge in [0, 0.05) is 25.2 Å². The molecule has 3 N–H and O–H groups in total. The highest BCUT2D eigenvalue weighted by Gasteiger charge is 2.27. The predicted molar refractivity (Wildman–Crippen MR) is 59.9 cm³/mol. The molecule has 1 aliphatic heterocycles. The first-order valence-corrected chi connectivity index (χ1v) is 5.39. The van der Waals surface area contributed by atoms with Crippen LogP contribution in [-0.2, 0) is 0 Å². The van der Waals surface area contributed by atoms with E-state index >= 15 is 0 Å². The molecule has 0 aromatic carbocycles. The summed E-state index contributed by atoms with van der Waals surface area (Å²) in [5.41, 5.74) is 0. The first-order chi connectivity index (χ1) is 6.24. The summed E-state index contributed by atoms with van der Waals surface area (Å²) in [4.78, 5) is 0. The Bertz CT molecular complexity index is 174. The summed E-state index contributed by atoms with van der Waals surface area (Å²) in [5, 5.41) is 16.1. The van der Waals surface area contributed by atoms with Crippen molar-refractivity contribution in [1.29, 1.82) is 0 Å². The number of aliphatic hydroxyl groups is 1. The van der Waals surface area contributed by atoms with E-state index in [1.165, 1.54) is 12.8 Å². The second-order valence-electron chi connectivity index (χ2n) is 4.68. The highest BCUT2D eigenvalue weighted by Crippen LogP contribution is 2.26. The van der Waals surface area contributed by atoms with E-state index in [-0.39, 0.29) is 18.5 Å². The van der Waals surface area contributed by atoms with Gasteiger partial charge in [0.2, 0.25) is 0 Å². The van der Waals surface area contributed by atoms with E-state index < -0.39 is 0 Å². The number of aliphatic hydroxyl groups excluding tert-OH is 1. The normalized spacial score (nSPS) is 41.6. The van der Waals surface area contributed by atoms with E-state index in [1.807, 2.05) is 0 Å². The van der Waals surface area contributed by atoms with E-state index in [2.05, 4.69) is 17.6 Å². The molecule has 2 rings (SSSR count). The number of nitrogens with one attached hydrogen (secondary N) is 2. The first kappa shape index (κ1) is 12.2. The maximum Gasteiger partial charge on any atom is 0.0680 e. The van der Waals surface area contributed by atoms with Gasteiger partial charge in [0.05, 0.1) is 6.10 Å². The summed E-state index contributed by atoms with van der Waals surface area (Å²) in [6, 6.07) is 1.24. The molecule has 1 aliphatic carbocycles. The number of β-amino-alcohol motifs (C(OH)–C–C–N with tert-alkyl or cyclic N) is 1. The highest BCUT2D eigenvalue weighted by molar-refractivity contribution is 5.85. The first-order valence-electron chi connectivity index (χ1n) is 5.39. The SMILES string of the molecule is CC1CC(NC[C@@H]2C[C@@H](O)CN2)C1.Cl. The highest BCUT2D eigenvalue weighted by atomic mass is 35.5. The van der Waals surface area contributed by atoms with Gasteiger partial charge in [-0.2, -0.15) is 0 Å². The molecule has 1 saturated carbocycles. The summed E-state index contributed by atoms with van der Waals surface area (Å²) in [7, 11) is 0. The lowest BCUT2D eigenvalue weighted by molar-refractivity contribution is 0.190. The van der Waals surface area contributed by atoms with E-state index in [4.69, 9.17) is 0 Å². The third-order valence-corrected chi connectivity index (χ3v) is 3.23. The third kappa shape index (κ3) is 3.09. The monoisotopic (exact) mass is 220 g/mol. The largest absolute Gasteiger partial charge is 0.392 e. The molecule has 2 aliphatic rings. The summed E-state index contributed by atoms with van der Waals surface area (Å²) in [5.74, 6) is 0.916. The molecular weight excluding hydrogens is 200 g/mol. The van der Waals surface area contributed by atoms with Gasteiger partial charge < -0.3 is 15.7 Å². The average molecular weight is 221 g/mol. The van der Waals surface area contributed by atoms with Gasteiger partial charge in [-0.05, 0) is 25.2 Å². The van der Waals surface area contributed by atoms with Crippen LogP contribution in [0, 0.1) is 5.92 Å². The van der Waals surface area contributed by atoms with Crippen molar-refractivity contribution in [3.05, 3.63) is 0 Å². The zero-order chi connectivity index (χ0) is 9.26. The van der Waals surface area contributed by atoms with E-state index in [1.54, 1.807) is 0 Å². The van der Waals surface area contributed by atoms with Crippen LogP contribution in [-0.4, -0.2) is 36.4 Å². The Kier molecular flexibility index (Phi) is 4.64. The zero-order valence-corrected chi connectivity index (χ0v) is 9.52. The maximum atomic E-state index is 9.29.